The predicted molar refractivity (Wildman–Crippen MR) is 159 cm³/mol. The third-order valence-electron chi connectivity index (χ3n) is 7.08. The maximum Gasteiger partial charge on any atom is 0.323 e. The molecule has 42 heavy (non-hydrogen) atoms. The number of ether oxygens (including phenoxy) is 3. The molecule has 12 nitrogen and oxygen atoms in total. The fourth-order valence-electron chi connectivity index (χ4n) is 5.07. The van der Waals surface area contributed by atoms with E-state index in [1.807, 2.05) is 30.6 Å². The van der Waals surface area contributed by atoms with Crippen molar-refractivity contribution in [2.45, 2.75) is 19.4 Å². The summed E-state index contributed by atoms with van der Waals surface area (Å²) in [5.41, 5.74) is 6.37. The van der Waals surface area contributed by atoms with Crippen LogP contribution in [0.5, 0.6) is 0 Å². The molecule has 1 aromatic carbocycles. The Bertz CT molecular complexity index is 1380. The average molecular weight is 582 g/mol. The molecule has 1 fully saturated rings. The lowest BCUT2D eigenvalue weighted by atomic mass is 9.95. The average Bonchev–Trinajstić information content (AvgIpc) is 3.00. The monoisotopic (exact) mass is 581 g/mol. The second kappa shape index (κ2) is 16.0. The molecule has 2 aromatic heterocycles. The van der Waals surface area contributed by atoms with Crippen LogP contribution in [0.25, 0.3) is 10.8 Å². The number of hydrogen-bond donors (Lipinski definition) is 2. The number of aliphatic carboxylic acids is 1. The number of carbonyl (C=O) groups excluding carboxylic acids is 1. The Morgan fingerprint density at radius 2 is 1.74 bits per heavy atom. The van der Waals surface area contributed by atoms with Crippen LogP contribution >= 0.6 is 0 Å². The number of anilines is 2. The lowest BCUT2D eigenvalue weighted by Crippen LogP contribution is -2.46. The zero-order chi connectivity index (χ0) is 29.7. The quantitative estimate of drug-likeness (QED) is 0.240. The van der Waals surface area contributed by atoms with E-state index in [2.05, 4.69) is 16.0 Å². The van der Waals surface area contributed by atoms with E-state index in [1.165, 1.54) is 12.3 Å². The summed E-state index contributed by atoms with van der Waals surface area (Å²) in [7, 11) is 0. The number of nitrogens with zero attached hydrogens (tertiary/aromatic N) is 4. The number of aromatic nitrogens is 2. The van der Waals surface area contributed by atoms with E-state index >= 15 is 0 Å². The van der Waals surface area contributed by atoms with Gasteiger partial charge in [0.05, 0.1) is 63.1 Å². The van der Waals surface area contributed by atoms with E-state index in [1.54, 1.807) is 11.0 Å². The Kier molecular flexibility index (Phi) is 11.8. The van der Waals surface area contributed by atoms with Gasteiger partial charge in [0, 0.05) is 55.4 Å². The molecule has 1 aliphatic rings. The van der Waals surface area contributed by atoms with E-state index in [0.717, 1.165) is 34.0 Å². The number of piperidine rings is 1. The molecule has 1 amide bonds. The van der Waals surface area contributed by atoms with Crippen LogP contribution in [0.3, 0.4) is 0 Å². The molecule has 0 spiro atoms. The topological polar surface area (TPSA) is 149 Å². The van der Waals surface area contributed by atoms with Crippen molar-refractivity contribution in [3.8, 4) is 0 Å². The number of benzene rings is 1. The zero-order valence-electron chi connectivity index (χ0n) is 23.7. The van der Waals surface area contributed by atoms with E-state index in [0.29, 0.717) is 58.2 Å². The second-order valence-corrected chi connectivity index (χ2v) is 10.0. The minimum Gasteiger partial charge on any atom is -0.480 e. The van der Waals surface area contributed by atoms with Gasteiger partial charge in [0.1, 0.15) is 6.54 Å². The molecule has 0 unspecified atom stereocenters. The van der Waals surface area contributed by atoms with Crippen LogP contribution in [0.15, 0.2) is 59.8 Å². The van der Waals surface area contributed by atoms with Gasteiger partial charge < -0.3 is 39.4 Å². The van der Waals surface area contributed by atoms with Gasteiger partial charge in [-0.05, 0) is 18.9 Å². The summed E-state index contributed by atoms with van der Waals surface area (Å²) in [6.45, 7) is 3.85. The normalized spacial score (nSPS) is 15.2. The molecule has 3 N–H and O–H groups in total. The van der Waals surface area contributed by atoms with Crippen LogP contribution in [0.1, 0.15) is 12.8 Å². The minimum atomic E-state index is -1.14. The van der Waals surface area contributed by atoms with Crippen LogP contribution in [0.4, 0.5) is 11.4 Å². The van der Waals surface area contributed by atoms with Crippen LogP contribution < -0.4 is 21.1 Å². The Labute approximate surface area is 244 Å². The Balaban J connectivity index is 1.45. The number of carboxylic acids is 1. The standard InChI is InChI=1S/C30H39N5O7/c31-9-12-40-14-16-42-17-15-41-13-11-35(25-7-8-28(36)34(21-25)22-29(37)38)30(39)24-5-3-10-33(20-24)27-19-32-18-23-4-1-2-6-26(23)27/h1-2,4,6-8,18-19,21,24H,3,5,9-17,20,22,31H2,(H,37,38)/t24-/m0/s1. The molecule has 0 aliphatic carbocycles. The Morgan fingerprint density at radius 3 is 2.50 bits per heavy atom. The SMILES string of the molecule is NCCOCCOCCOCCN(C(=O)[C@H]1CCCN(c2cncc3ccccc23)C1)c1ccc(=O)n(CC(=O)O)c1. The summed E-state index contributed by atoms with van der Waals surface area (Å²) in [4.78, 5) is 45.8. The second-order valence-electron chi connectivity index (χ2n) is 10.0. The van der Waals surface area contributed by atoms with Gasteiger partial charge >= 0.3 is 5.97 Å². The van der Waals surface area contributed by atoms with Gasteiger partial charge in [-0.2, -0.15) is 0 Å². The van der Waals surface area contributed by atoms with Gasteiger partial charge in [-0.15, -0.1) is 0 Å². The number of rotatable bonds is 16. The van der Waals surface area contributed by atoms with E-state index in [4.69, 9.17) is 19.9 Å². The van der Waals surface area contributed by atoms with Crippen LogP contribution in [-0.2, 0) is 30.3 Å². The molecule has 226 valence electrons. The van der Waals surface area contributed by atoms with Gasteiger partial charge in [-0.1, -0.05) is 24.3 Å². The number of pyridine rings is 2. The van der Waals surface area contributed by atoms with Crippen molar-refractivity contribution in [3.63, 3.8) is 0 Å². The maximum atomic E-state index is 14.0. The highest BCUT2D eigenvalue weighted by molar-refractivity contribution is 5.96. The molecular formula is C30H39N5O7. The summed E-state index contributed by atoms with van der Waals surface area (Å²) in [6, 6.07) is 10.9. The van der Waals surface area contributed by atoms with Crippen molar-refractivity contribution in [3.05, 3.63) is 65.3 Å². The molecule has 0 bridgehead atoms. The number of nitrogens with two attached hydrogens (primary N) is 1. The summed E-state index contributed by atoms with van der Waals surface area (Å²) in [6.07, 6.45) is 6.64. The third kappa shape index (κ3) is 8.58. The van der Waals surface area contributed by atoms with Gasteiger partial charge in [0.2, 0.25) is 5.91 Å². The van der Waals surface area contributed by atoms with Crippen molar-refractivity contribution in [1.29, 1.82) is 0 Å². The fourth-order valence-corrected chi connectivity index (χ4v) is 5.07. The summed E-state index contributed by atoms with van der Waals surface area (Å²) in [5.74, 6) is -1.56. The molecule has 1 saturated heterocycles. The first-order chi connectivity index (χ1) is 20.5. The molecule has 1 atom stereocenters. The van der Waals surface area contributed by atoms with Gasteiger partial charge in [-0.25, -0.2) is 0 Å². The number of amides is 1. The Hall–Kier alpha value is -3.84. The molecule has 3 aromatic rings. The summed E-state index contributed by atoms with van der Waals surface area (Å²) >= 11 is 0. The van der Waals surface area contributed by atoms with Crippen molar-refractivity contribution in [2.75, 3.05) is 75.6 Å². The number of fused-ring (bicyclic) bond motifs is 1. The molecule has 1 aliphatic heterocycles. The van der Waals surface area contributed by atoms with Crippen LogP contribution in [-0.4, -0.2) is 92.4 Å². The summed E-state index contributed by atoms with van der Waals surface area (Å²) in [5, 5.41) is 11.4. The first-order valence-corrected chi connectivity index (χ1v) is 14.2. The van der Waals surface area contributed by atoms with E-state index in [-0.39, 0.29) is 25.0 Å². The smallest absolute Gasteiger partial charge is 0.323 e. The zero-order valence-corrected chi connectivity index (χ0v) is 23.7. The highest BCUT2D eigenvalue weighted by Gasteiger charge is 2.31. The highest BCUT2D eigenvalue weighted by atomic mass is 16.5. The van der Waals surface area contributed by atoms with Crippen molar-refractivity contribution < 1.29 is 28.9 Å². The first kappa shape index (κ1) is 31.1. The van der Waals surface area contributed by atoms with Gasteiger partial charge in [0.15, 0.2) is 0 Å². The molecule has 0 radical (unpaired) electrons. The first-order valence-electron chi connectivity index (χ1n) is 14.2. The maximum absolute atomic E-state index is 14.0. The lowest BCUT2D eigenvalue weighted by Gasteiger charge is -2.36. The van der Waals surface area contributed by atoms with Crippen LogP contribution in [0.2, 0.25) is 0 Å². The summed E-state index contributed by atoms with van der Waals surface area (Å²) < 4.78 is 17.6. The van der Waals surface area contributed by atoms with Crippen LogP contribution in [0, 0.1) is 5.92 Å². The molecule has 12 heteroatoms. The minimum absolute atomic E-state index is 0.106. The number of carboxylic acid groups (broad SMARTS) is 1. The highest BCUT2D eigenvalue weighted by Crippen LogP contribution is 2.30. The number of carbonyl (C=O) groups is 2. The lowest BCUT2D eigenvalue weighted by molar-refractivity contribution is -0.137. The van der Waals surface area contributed by atoms with Gasteiger partial charge in [0.25, 0.3) is 5.56 Å². The largest absolute Gasteiger partial charge is 0.480 e. The predicted octanol–water partition coefficient (Wildman–Crippen LogP) is 1.74. The van der Waals surface area contributed by atoms with E-state index in [9.17, 15) is 19.5 Å². The number of hydrogen-bond acceptors (Lipinski definition) is 9. The van der Waals surface area contributed by atoms with Gasteiger partial charge in [-0.3, -0.25) is 19.4 Å². The third-order valence-corrected chi connectivity index (χ3v) is 7.08. The van der Waals surface area contributed by atoms with E-state index < -0.39 is 18.1 Å². The van der Waals surface area contributed by atoms with Crippen molar-refractivity contribution >= 4 is 34.0 Å². The fraction of sp³-hybridized carbons (Fsp3) is 0.467. The molecular weight excluding hydrogens is 542 g/mol. The van der Waals surface area contributed by atoms with Crippen molar-refractivity contribution in [2.24, 2.45) is 11.7 Å². The molecule has 3 heterocycles. The van der Waals surface area contributed by atoms with Crippen molar-refractivity contribution in [1.82, 2.24) is 9.55 Å². The molecule has 4 rings (SSSR count). The Morgan fingerprint density at radius 1 is 1.00 bits per heavy atom. The molecule has 0 saturated carbocycles.